The number of aryl methyl sites for hydroxylation is 2. The van der Waals surface area contributed by atoms with E-state index in [2.05, 4.69) is 15.3 Å². The zero-order valence-corrected chi connectivity index (χ0v) is 27.8. The number of amides is 2. The molecule has 0 saturated heterocycles. The molecule has 2 amide bonds. The number of nitrogens with one attached hydrogen (secondary N) is 1. The number of hydrogen-bond donors (Lipinski definition) is 1. The number of nitrogens with zero attached hydrogens (tertiary/aromatic N) is 3. The fourth-order valence-electron chi connectivity index (χ4n) is 4.14. The first-order valence-corrected chi connectivity index (χ1v) is 15.1. The zero-order valence-electron chi connectivity index (χ0n) is 26.2. The molecule has 1 N–H and O–H groups in total. The molecule has 2 heterocycles. The van der Waals surface area contributed by atoms with Gasteiger partial charge in [-0.15, -0.1) is 0 Å². The lowest BCUT2D eigenvalue weighted by molar-refractivity contribution is -0.157. The van der Waals surface area contributed by atoms with Crippen molar-refractivity contribution in [2.24, 2.45) is 0 Å². The lowest BCUT2D eigenvalue weighted by atomic mass is 10.0. The van der Waals surface area contributed by atoms with Crippen LogP contribution in [-0.2, 0) is 33.5 Å². The van der Waals surface area contributed by atoms with Crippen molar-refractivity contribution in [1.82, 2.24) is 15.3 Å². The second-order valence-electron chi connectivity index (χ2n) is 12.4. The van der Waals surface area contributed by atoms with Crippen molar-refractivity contribution in [2.45, 2.75) is 84.5 Å². The van der Waals surface area contributed by atoms with E-state index < -0.39 is 35.2 Å². The Bertz CT molecular complexity index is 1450. The van der Waals surface area contributed by atoms with Crippen LogP contribution >= 0.6 is 23.2 Å². The maximum Gasteiger partial charge on any atom is 0.415 e. The number of carbonyl (C=O) groups excluding carboxylic acids is 3. The molecule has 3 rings (SSSR count). The summed E-state index contributed by atoms with van der Waals surface area (Å²) in [6.45, 7) is 10.7. The Morgan fingerprint density at radius 2 is 1.48 bits per heavy atom. The number of halogens is 2. The van der Waals surface area contributed by atoms with Gasteiger partial charge in [-0.05, 0) is 96.7 Å². The van der Waals surface area contributed by atoms with E-state index in [4.69, 9.17) is 32.7 Å². The van der Waals surface area contributed by atoms with Gasteiger partial charge in [0, 0.05) is 31.1 Å². The maximum atomic E-state index is 13.1. The van der Waals surface area contributed by atoms with Crippen LogP contribution in [0.2, 0.25) is 10.0 Å². The number of hydrogen-bond acceptors (Lipinski definition) is 7. The molecule has 0 fully saturated rings. The quantitative estimate of drug-likeness (QED) is 0.237. The van der Waals surface area contributed by atoms with Gasteiger partial charge in [0.2, 0.25) is 0 Å². The van der Waals surface area contributed by atoms with E-state index in [1.165, 1.54) is 4.90 Å². The van der Waals surface area contributed by atoms with Gasteiger partial charge in [0.1, 0.15) is 23.1 Å². The lowest BCUT2D eigenvalue weighted by Crippen LogP contribution is -2.45. The van der Waals surface area contributed by atoms with Gasteiger partial charge in [-0.25, -0.2) is 14.6 Å². The Morgan fingerprint density at radius 1 is 0.864 bits per heavy atom. The predicted molar refractivity (Wildman–Crippen MR) is 172 cm³/mol. The van der Waals surface area contributed by atoms with Gasteiger partial charge >= 0.3 is 12.1 Å². The molecule has 0 bridgehead atoms. The van der Waals surface area contributed by atoms with E-state index in [9.17, 15) is 14.4 Å². The SMILES string of the molecule is CN(C(=O)OC(C)(C)C)c1cccc(CCCc2ccc(CC(NC(=O)c3c(Cl)cccc3Cl)C(=O)OC(C)(C)C)cn2)n1. The van der Waals surface area contributed by atoms with Crippen molar-refractivity contribution in [3.8, 4) is 0 Å². The van der Waals surface area contributed by atoms with Crippen LogP contribution in [0.5, 0.6) is 0 Å². The van der Waals surface area contributed by atoms with Gasteiger partial charge in [-0.1, -0.05) is 41.4 Å². The van der Waals surface area contributed by atoms with Crippen LogP contribution in [0.15, 0.2) is 54.7 Å². The van der Waals surface area contributed by atoms with Gasteiger partial charge in [0.15, 0.2) is 0 Å². The maximum absolute atomic E-state index is 13.1. The summed E-state index contributed by atoms with van der Waals surface area (Å²) in [6.07, 6.45) is 3.57. The van der Waals surface area contributed by atoms with Gasteiger partial charge in [0.25, 0.3) is 5.91 Å². The van der Waals surface area contributed by atoms with Gasteiger partial charge < -0.3 is 14.8 Å². The molecule has 236 valence electrons. The first kappa shape index (κ1) is 34.8. The standard InChI is InChI=1S/C33H40Cl2N4O5/c1-32(2,3)43-30(41)26(38-29(40)28-24(34)14-10-15-25(28)35)19-21-17-18-22(36-20-21)11-8-12-23-13-9-16-27(37-23)39(7)31(42)44-33(4,5)6/h9-10,13-18,20,26H,8,11-12,19H2,1-7H3,(H,38,40). The molecule has 0 aliphatic heterocycles. The minimum atomic E-state index is -0.987. The number of carbonyl (C=O) groups is 3. The van der Waals surface area contributed by atoms with E-state index >= 15 is 0 Å². The molecule has 0 radical (unpaired) electrons. The first-order valence-electron chi connectivity index (χ1n) is 14.4. The fourth-order valence-corrected chi connectivity index (χ4v) is 4.71. The van der Waals surface area contributed by atoms with Crippen LogP contribution in [0.3, 0.4) is 0 Å². The van der Waals surface area contributed by atoms with Crippen LogP contribution in [0.4, 0.5) is 10.6 Å². The Morgan fingerprint density at radius 3 is 2.07 bits per heavy atom. The van der Waals surface area contributed by atoms with E-state index in [1.807, 2.05) is 45.0 Å². The Labute approximate surface area is 269 Å². The highest BCUT2D eigenvalue weighted by atomic mass is 35.5. The van der Waals surface area contributed by atoms with Crippen LogP contribution in [-0.4, -0.2) is 52.2 Å². The molecule has 1 atom stereocenters. The number of rotatable bonds is 10. The molecule has 9 nitrogen and oxygen atoms in total. The monoisotopic (exact) mass is 642 g/mol. The molecule has 3 aromatic rings. The van der Waals surface area contributed by atoms with Crippen LogP contribution in [0.1, 0.15) is 75.3 Å². The summed E-state index contributed by atoms with van der Waals surface area (Å²) in [6, 6.07) is 13.1. The topological polar surface area (TPSA) is 111 Å². The highest BCUT2D eigenvalue weighted by molar-refractivity contribution is 6.39. The predicted octanol–water partition coefficient (Wildman–Crippen LogP) is 7.01. The van der Waals surface area contributed by atoms with Crippen molar-refractivity contribution < 1.29 is 23.9 Å². The normalized spacial score (nSPS) is 12.3. The average Bonchev–Trinajstić information content (AvgIpc) is 2.91. The van der Waals surface area contributed by atoms with Crippen LogP contribution in [0.25, 0.3) is 0 Å². The van der Waals surface area contributed by atoms with Crippen LogP contribution < -0.4 is 10.2 Å². The van der Waals surface area contributed by atoms with Gasteiger partial charge in [-0.2, -0.15) is 0 Å². The largest absolute Gasteiger partial charge is 0.458 e. The summed E-state index contributed by atoms with van der Waals surface area (Å²) in [7, 11) is 1.64. The van der Waals surface area contributed by atoms with E-state index in [-0.39, 0.29) is 22.0 Å². The number of pyridine rings is 2. The molecule has 0 saturated carbocycles. The molecule has 1 aromatic carbocycles. The summed E-state index contributed by atoms with van der Waals surface area (Å²) in [4.78, 5) is 49.1. The second kappa shape index (κ2) is 14.9. The molecule has 0 spiro atoms. The highest BCUT2D eigenvalue weighted by Gasteiger charge is 2.29. The summed E-state index contributed by atoms with van der Waals surface area (Å²) in [5.41, 5.74) is 1.22. The molecule has 0 aliphatic rings. The number of anilines is 1. The third kappa shape index (κ3) is 10.8. The molecular weight excluding hydrogens is 603 g/mol. The van der Waals surface area contributed by atoms with Crippen LogP contribution in [0, 0.1) is 0 Å². The van der Waals surface area contributed by atoms with Crippen molar-refractivity contribution in [3.63, 3.8) is 0 Å². The van der Waals surface area contributed by atoms with Gasteiger partial charge in [-0.3, -0.25) is 14.7 Å². The van der Waals surface area contributed by atoms with Crippen molar-refractivity contribution >= 4 is 47.0 Å². The van der Waals surface area contributed by atoms with E-state index in [1.54, 1.807) is 58.3 Å². The molecule has 11 heteroatoms. The summed E-state index contributed by atoms with van der Waals surface area (Å²) < 4.78 is 11.0. The third-order valence-electron chi connectivity index (χ3n) is 6.18. The zero-order chi connectivity index (χ0) is 32.7. The molecule has 44 heavy (non-hydrogen) atoms. The molecule has 2 aromatic heterocycles. The first-order chi connectivity index (χ1) is 20.5. The van der Waals surface area contributed by atoms with Crippen molar-refractivity contribution in [3.05, 3.63) is 87.3 Å². The molecular formula is C33H40Cl2N4O5. The number of aromatic nitrogens is 2. The van der Waals surface area contributed by atoms with Crippen molar-refractivity contribution in [2.75, 3.05) is 11.9 Å². The Hall–Kier alpha value is -3.69. The van der Waals surface area contributed by atoms with E-state index in [0.29, 0.717) is 18.7 Å². The van der Waals surface area contributed by atoms with Crippen molar-refractivity contribution in [1.29, 1.82) is 0 Å². The number of esters is 1. The minimum absolute atomic E-state index is 0.0920. The molecule has 0 aliphatic carbocycles. The van der Waals surface area contributed by atoms with E-state index in [0.717, 1.165) is 23.4 Å². The smallest absolute Gasteiger partial charge is 0.415 e. The Balaban J connectivity index is 1.63. The number of benzene rings is 1. The van der Waals surface area contributed by atoms with Gasteiger partial charge in [0.05, 0.1) is 15.6 Å². The summed E-state index contributed by atoms with van der Waals surface area (Å²) in [5, 5.41) is 3.10. The number of ether oxygens (including phenoxy) is 2. The Kier molecular flexibility index (Phi) is 11.8. The average molecular weight is 644 g/mol. The second-order valence-corrected chi connectivity index (χ2v) is 13.2. The lowest BCUT2D eigenvalue weighted by Gasteiger charge is -2.25. The fraction of sp³-hybridized carbons (Fsp3) is 0.424. The minimum Gasteiger partial charge on any atom is -0.458 e. The summed E-state index contributed by atoms with van der Waals surface area (Å²) >= 11 is 12.4. The third-order valence-corrected chi connectivity index (χ3v) is 6.81. The highest BCUT2D eigenvalue weighted by Crippen LogP contribution is 2.24. The summed E-state index contributed by atoms with van der Waals surface area (Å²) in [5.74, 6) is -0.635. The molecule has 1 unspecified atom stereocenters.